The number of carboxylic acid groups (broad SMARTS) is 1. The third-order valence-electron chi connectivity index (χ3n) is 4.62. The molecule has 0 unspecified atom stereocenters. The van der Waals surface area contributed by atoms with Crippen LogP contribution in [0.5, 0.6) is 0 Å². The molecule has 1 rings (SSSR count). The predicted octanol–water partition coefficient (Wildman–Crippen LogP) is 3.58. The molecule has 1 aliphatic rings. The Labute approximate surface area is 161 Å². The first-order chi connectivity index (χ1) is 13.0. The van der Waals surface area contributed by atoms with Crippen molar-refractivity contribution in [1.29, 1.82) is 0 Å². The standard InChI is InChI=1S/C22H32O5/c1-2-3-4-5-6-7-8-9-10-11-18-19(21(25)16-20(18)24)14-12-17(23)13-15-22(26)27/h3-4,6-7,9-10,12,14,17-20,23-24H,2,5,8,11,13,15-16H2,1H3,(H,26,27)/b4-3-,7-6-,10-9-,14-12+/t17-,18+,19+,20-/m0/s1. The van der Waals surface area contributed by atoms with E-state index in [9.17, 15) is 19.8 Å². The molecule has 1 aliphatic carbocycles. The second-order valence-electron chi connectivity index (χ2n) is 6.84. The Morgan fingerprint density at radius 2 is 1.78 bits per heavy atom. The van der Waals surface area contributed by atoms with Crippen molar-refractivity contribution in [1.82, 2.24) is 0 Å². The van der Waals surface area contributed by atoms with Gasteiger partial charge < -0.3 is 15.3 Å². The Morgan fingerprint density at radius 1 is 1.15 bits per heavy atom. The van der Waals surface area contributed by atoms with E-state index in [1.165, 1.54) is 6.08 Å². The fourth-order valence-corrected chi connectivity index (χ4v) is 3.10. The fraction of sp³-hybridized carbons (Fsp3) is 0.545. The van der Waals surface area contributed by atoms with Gasteiger partial charge in [-0.1, -0.05) is 55.5 Å². The molecule has 1 fully saturated rings. The third kappa shape index (κ3) is 9.50. The summed E-state index contributed by atoms with van der Waals surface area (Å²) < 4.78 is 0. The molecule has 0 spiro atoms. The van der Waals surface area contributed by atoms with Crippen LogP contribution >= 0.6 is 0 Å². The first-order valence-corrected chi connectivity index (χ1v) is 9.69. The summed E-state index contributed by atoms with van der Waals surface area (Å²) in [6.07, 6.45) is 17.5. The highest BCUT2D eigenvalue weighted by Gasteiger charge is 2.39. The van der Waals surface area contributed by atoms with Gasteiger partial charge in [-0.25, -0.2) is 0 Å². The van der Waals surface area contributed by atoms with Crippen LogP contribution in [-0.2, 0) is 9.59 Å². The van der Waals surface area contributed by atoms with Gasteiger partial charge in [-0.05, 0) is 32.1 Å². The molecule has 4 atom stereocenters. The lowest BCUT2D eigenvalue weighted by atomic mass is 9.90. The van der Waals surface area contributed by atoms with Gasteiger partial charge in [0.25, 0.3) is 0 Å². The minimum atomic E-state index is -0.965. The third-order valence-corrected chi connectivity index (χ3v) is 4.62. The number of aliphatic hydroxyl groups excluding tert-OH is 2. The fourth-order valence-electron chi connectivity index (χ4n) is 3.10. The normalized spacial score (nSPS) is 24.9. The van der Waals surface area contributed by atoms with Crippen molar-refractivity contribution in [3.63, 3.8) is 0 Å². The summed E-state index contributed by atoms with van der Waals surface area (Å²) in [5, 5.41) is 28.6. The van der Waals surface area contributed by atoms with Crippen molar-refractivity contribution in [3.05, 3.63) is 48.6 Å². The highest BCUT2D eigenvalue weighted by molar-refractivity contribution is 5.86. The molecule has 0 bridgehead atoms. The second kappa shape index (κ2) is 13.2. The number of rotatable bonds is 12. The van der Waals surface area contributed by atoms with Crippen LogP contribution in [0.15, 0.2) is 48.6 Å². The number of Topliss-reactive ketones (excluding diaryl/α,β-unsaturated/α-hetero) is 1. The number of ketones is 1. The van der Waals surface area contributed by atoms with Crippen LogP contribution in [0.1, 0.15) is 51.9 Å². The summed E-state index contributed by atoms with van der Waals surface area (Å²) in [6.45, 7) is 2.10. The quantitative estimate of drug-likeness (QED) is 0.453. The van der Waals surface area contributed by atoms with Gasteiger partial charge in [0.1, 0.15) is 5.78 Å². The van der Waals surface area contributed by atoms with Crippen LogP contribution in [0.4, 0.5) is 0 Å². The van der Waals surface area contributed by atoms with Crippen molar-refractivity contribution >= 4 is 11.8 Å². The van der Waals surface area contributed by atoms with E-state index in [4.69, 9.17) is 5.11 Å². The van der Waals surface area contributed by atoms with E-state index in [0.29, 0.717) is 6.42 Å². The summed E-state index contributed by atoms with van der Waals surface area (Å²) in [6, 6.07) is 0. The van der Waals surface area contributed by atoms with Crippen LogP contribution in [0.3, 0.4) is 0 Å². The van der Waals surface area contributed by atoms with Gasteiger partial charge >= 0.3 is 5.97 Å². The van der Waals surface area contributed by atoms with Crippen LogP contribution in [0.2, 0.25) is 0 Å². The van der Waals surface area contributed by atoms with Gasteiger partial charge in [-0.2, -0.15) is 0 Å². The monoisotopic (exact) mass is 376 g/mol. The molecular formula is C22H32O5. The first kappa shape index (κ1) is 23.1. The minimum Gasteiger partial charge on any atom is -0.481 e. The number of hydrogen-bond acceptors (Lipinski definition) is 4. The van der Waals surface area contributed by atoms with Crippen LogP contribution in [0.25, 0.3) is 0 Å². The van der Waals surface area contributed by atoms with Gasteiger partial charge in [0.05, 0.1) is 12.2 Å². The van der Waals surface area contributed by atoms with E-state index >= 15 is 0 Å². The molecule has 0 radical (unpaired) electrons. The maximum Gasteiger partial charge on any atom is 0.303 e. The highest BCUT2D eigenvalue weighted by Crippen LogP contribution is 2.33. The van der Waals surface area contributed by atoms with E-state index < -0.39 is 24.1 Å². The largest absolute Gasteiger partial charge is 0.481 e. The highest BCUT2D eigenvalue weighted by atomic mass is 16.4. The average Bonchev–Trinajstić information content (AvgIpc) is 2.89. The lowest BCUT2D eigenvalue weighted by molar-refractivity contribution is -0.137. The number of carbonyl (C=O) groups is 2. The lowest BCUT2D eigenvalue weighted by Gasteiger charge is -2.17. The molecule has 3 N–H and O–H groups in total. The summed E-state index contributed by atoms with van der Waals surface area (Å²) in [5.74, 6) is -1.63. The average molecular weight is 376 g/mol. The molecule has 27 heavy (non-hydrogen) atoms. The molecule has 0 heterocycles. The Kier molecular flexibility index (Phi) is 11.3. The Morgan fingerprint density at radius 3 is 2.41 bits per heavy atom. The van der Waals surface area contributed by atoms with E-state index in [0.717, 1.165) is 19.3 Å². The molecule has 5 nitrogen and oxygen atoms in total. The van der Waals surface area contributed by atoms with E-state index in [-0.39, 0.29) is 31.0 Å². The number of carboxylic acids is 1. The van der Waals surface area contributed by atoms with Gasteiger partial charge in [0.15, 0.2) is 0 Å². The molecule has 150 valence electrons. The number of carbonyl (C=O) groups excluding carboxylic acids is 1. The zero-order valence-corrected chi connectivity index (χ0v) is 16.0. The molecule has 0 aliphatic heterocycles. The van der Waals surface area contributed by atoms with Crippen molar-refractivity contribution in [2.24, 2.45) is 11.8 Å². The summed E-state index contributed by atoms with van der Waals surface area (Å²) in [7, 11) is 0. The van der Waals surface area contributed by atoms with Gasteiger partial charge in [-0.15, -0.1) is 0 Å². The number of aliphatic carboxylic acids is 1. The molecule has 1 saturated carbocycles. The van der Waals surface area contributed by atoms with E-state index in [1.54, 1.807) is 6.08 Å². The molecule has 0 amide bonds. The van der Waals surface area contributed by atoms with Gasteiger partial charge in [0, 0.05) is 24.7 Å². The van der Waals surface area contributed by atoms with Crippen molar-refractivity contribution < 1.29 is 24.9 Å². The minimum absolute atomic E-state index is 0.0369. The maximum absolute atomic E-state index is 12.1. The number of aliphatic hydroxyl groups is 2. The van der Waals surface area contributed by atoms with Gasteiger partial charge in [0.2, 0.25) is 0 Å². The summed E-state index contributed by atoms with van der Waals surface area (Å²) in [4.78, 5) is 22.6. The van der Waals surface area contributed by atoms with Crippen LogP contribution < -0.4 is 0 Å². The molecule has 0 saturated heterocycles. The van der Waals surface area contributed by atoms with Crippen molar-refractivity contribution in [3.8, 4) is 0 Å². The molecule has 5 heteroatoms. The SMILES string of the molecule is CC/C=C\C/C=C\C/C=C\C[C@H]1[C@@H](O)CC(=O)[C@@H]1/C=C/[C@H](O)CCC(=O)O. The van der Waals surface area contributed by atoms with E-state index in [1.807, 2.05) is 12.2 Å². The topological polar surface area (TPSA) is 94.8 Å². The van der Waals surface area contributed by atoms with Crippen molar-refractivity contribution in [2.75, 3.05) is 0 Å². The Hall–Kier alpha value is -1.98. The molecular weight excluding hydrogens is 344 g/mol. The van der Waals surface area contributed by atoms with Crippen LogP contribution in [0, 0.1) is 11.8 Å². The zero-order chi connectivity index (χ0) is 20.1. The number of allylic oxidation sites excluding steroid dienone is 7. The summed E-state index contributed by atoms with van der Waals surface area (Å²) >= 11 is 0. The van der Waals surface area contributed by atoms with Crippen LogP contribution in [-0.4, -0.2) is 39.3 Å². The smallest absolute Gasteiger partial charge is 0.303 e. The molecule has 0 aromatic rings. The van der Waals surface area contributed by atoms with Crippen molar-refractivity contribution in [2.45, 2.75) is 64.1 Å². The van der Waals surface area contributed by atoms with Gasteiger partial charge in [-0.3, -0.25) is 9.59 Å². The predicted molar refractivity (Wildman–Crippen MR) is 106 cm³/mol. The lowest BCUT2D eigenvalue weighted by Crippen LogP contribution is -2.19. The zero-order valence-electron chi connectivity index (χ0n) is 16.0. The number of hydrogen-bond donors (Lipinski definition) is 3. The Bertz CT molecular complexity index is 573. The Balaban J connectivity index is 2.48. The molecule has 0 aromatic carbocycles. The second-order valence-corrected chi connectivity index (χ2v) is 6.84. The summed E-state index contributed by atoms with van der Waals surface area (Å²) in [5.41, 5.74) is 0. The van der Waals surface area contributed by atoms with E-state index in [2.05, 4.69) is 31.2 Å². The molecule has 0 aromatic heterocycles. The first-order valence-electron chi connectivity index (χ1n) is 9.69. The maximum atomic E-state index is 12.1.